The molecule has 4 rings (SSSR count). The minimum absolute atomic E-state index is 0.261. The molecule has 1 amide bonds. The largest absolute Gasteiger partial charge is 0.450 e. The van der Waals surface area contributed by atoms with Crippen LogP contribution in [0.15, 0.2) is 64.5 Å². The fourth-order valence-corrected chi connectivity index (χ4v) is 4.53. The zero-order valence-electron chi connectivity index (χ0n) is 23.2. The normalized spacial score (nSPS) is 16.9. The van der Waals surface area contributed by atoms with Crippen molar-refractivity contribution in [2.24, 2.45) is 9.98 Å². The van der Waals surface area contributed by atoms with E-state index in [9.17, 15) is 4.79 Å². The molecule has 1 fully saturated rings. The van der Waals surface area contributed by atoms with Crippen molar-refractivity contribution >= 4 is 29.5 Å². The maximum atomic E-state index is 11.9. The highest BCUT2D eigenvalue weighted by Gasteiger charge is 2.20. The molecule has 0 spiro atoms. The van der Waals surface area contributed by atoms with Gasteiger partial charge in [-0.05, 0) is 56.5 Å². The van der Waals surface area contributed by atoms with Crippen molar-refractivity contribution in [3.05, 3.63) is 60.1 Å². The average Bonchev–Trinajstić information content (AvgIpc) is 3.19. The van der Waals surface area contributed by atoms with Gasteiger partial charge in [0.15, 0.2) is 5.82 Å². The van der Waals surface area contributed by atoms with Crippen LogP contribution in [0.2, 0.25) is 0 Å². The van der Waals surface area contributed by atoms with Crippen molar-refractivity contribution in [3.8, 4) is 11.4 Å². The van der Waals surface area contributed by atoms with E-state index >= 15 is 0 Å². The summed E-state index contributed by atoms with van der Waals surface area (Å²) in [5, 5.41) is 5.79. The molecule has 2 N–H and O–H groups in total. The van der Waals surface area contributed by atoms with E-state index in [1.54, 1.807) is 32.4 Å². The van der Waals surface area contributed by atoms with Crippen LogP contribution >= 0.6 is 0 Å². The first-order chi connectivity index (χ1) is 19.0. The summed E-state index contributed by atoms with van der Waals surface area (Å²) in [5.41, 5.74) is 4.60. The lowest BCUT2D eigenvalue weighted by Crippen LogP contribution is -2.49. The van der Waals surface area contributed by atoms with Crippen LogP contribution in [-0.4, -0.2) is 90.5 Å². The van der Waals surface area contributed by atoms with Crippen molar-refractivity contribution < 1.29 is 9.53 Å². The molecule has 0 bridgehead atoms. The van der Waals surface area contributed by atoms with Crippen molar-refractivity contribution in [2.45, 2.75) is 33.2 Å². The Morgan fingerprint density at radius 2 is 1.90 bits per heavy atom. The lowest BCUT2D eigenvalue weighted by Gasteiger charge is -2.36. The van der Waals surface area contributed by atoms with Gasteiger partial charge < -0.3 is 10.1 Å². The number of rotatable bonds is 7. The predicted molar refractivity (Wildman–Crippen MR) is 157 cm³/mol. The Hall–Kier alpha value is -3.89. The first-order valence-electron chi connectivity index (χ1n) is 13.5. The number of hydrogen-bond donors (Lipinski definition) is 2. The summed E-state index contributed by atoms with van der Waals surface area (Å²) in [5.74, 6) is 0.815. The summed E-state index contributed by atoms with van der Waals surface area (Å²) >= 11 is 0. The van der Waals surface area contributed by atoms with Gasteiger partial charge in [0, 0.05) is 70.0 Å². The van der Waals surface area contributed by atoms with E-state index in [0.717, 1.165) is 61.5 Å². The summed E-state index contributed by atoms with van der Waals surface area (Å²) in [7, 11) is 1.59. The van der Waals surface area contributed by atoms with Crippen LogP contribution in [0, 0.1) is 0 Å². The van der Waals surface area contributed by atoms with Gasteiger partial charge in [-0.1, -0.05) is 18.2 Å². The summed E-state index contributed by atoms with van der Waals surface area (Å²) in [6, 6.07) is 8.35. The molecule has 206 valence electrons. The number of allylic oxidation sites excluding steroid dienone is 3. The molecule has 0 saturated carbocycles. The predicted octanol–water partition coefficient (Wildman–Crippen LogP) is 4.06. The van der Waals surface area contributed by atoms with Gasteiger partial charge in [0.2, 0.25) is 5.96 Å². The number of aliphatic imine (C=N–C) groups is 2. The van der Waals surface area contributed by atoms with Crippen molar-refractivity contribution in [1.29, 1.82) is 0 Å². The molecule has 10 nitrogen and oxygen atoms in total. The Bertz CT molecular complexity index is 1250. The second-order valence-electron chi connectivity index (χ2n) is 9.63. The molecule has 2 aromatic rings. The molecule has 0 aliphatic carbocycles. The van der Waals surface area contributed by atoms with Crippen LogP contribution in [0.1, 0.15) is 32.8 Å². The molecular weight excluding hydrogens is 492 g/mol. The lowest BCUT2D eigenvalue weighted by atomic mass is 10.0. The Labute approximate surface area is 230 Å². The standard InChI is InChI=1S/C29H38N8O2/c1-5-39-29(38)35-28(30-4)34-26-11-10-22(18-25(26)27-31-12-7-13-32-27)23-8-6-9-24(33-19-23)20-36-14-16-37(17-15-36)21(2)3/h7-13,18-19,21H,5-6,14-17,20H2,1-4H3,(H2,30,34,35,38). The van der Waals surface area contributed by atoms with Gasteiger partial charge in [-0.25, -0.2) is 14.8 Å². The van der Waals surface area contributed by atoms with Crippen molar-refractivity contribution in [2.75, 3.05) is 51.7 Å². The highest BCUT2D eigenvalue weighted by atomic mass is 16.5. The van der Waals surface area contributed by atoms with Gasteiger partial charge in [0.25, 0.3) is 0 Å². The Morgan fingerprint density at radius 3 is 2.59 bits per heavy atom. The summed E-state index contributed by atoms with van der Waals surface area (Å²) < 4.78 is 4.98. The van der Waals surface area contributed by atoms with Gasteiger partial charge in [0.05, 0.1) is 18.0 Å². The maximum absolute atomic E-state index is 11.9. The molecule has 1 aromatic heterocycles. The minimum Gasteiger partial charge on any atom is -0.450 e. The van der Waals surface area contributed by atoms with Crippen molar-refractivity contribution in [3.63, 3.8) is 0 Å². The molecule has 1 aromatic carbocycles. The Kier molecular flexibility index (Phi) is 9.93. The SMILES string of the molecule is CCOC(=O)NC(=NC)Nc1ccc(C2=CCC=C(CN3CCN(C(C)C)CC3)N=C2)cc1-c1ncccn1. The average molecular weight is 531 g/mol. The number of anilines is 1. The summed E-state index contributed by atoms with van der Waals surface area (Å²) in [6.45, 7) is 11.7. The number of nitrogens with zero attached hydrogens (tertiary/aromatic N) is 6. The zero-order chi connectivity index (χ0) is 27.6. The molecule has 0 radical (unpaired) electrons. The van der Waals surface area contributed by atoms with E-state index in [-0.39, 0.29) is 12.6 Å². The number of hydrogen-bond acceptors (Lipinski definition) is 8. The monoisotopic (exact) mass is 530 g/mol. The number of ether oxygens (including phenoxy) is 1. The highest BCUT2D eigenvalue weighted by Crippen LogP contribution is 2.29. The second-order valence-corrected chi connectivity index (χ2v) is 9.63. The fourth-order valence-electron chi connectivity index (χ4n) is 4.53. The van der Waals surface area contributed by atoms with E-state index in [1.807, 2.05) is 24.4 Å². The molecule has 1 saturated heterocycles. The third-order valence-electron chi connectivity index (χ3n) is 6.72. The van der Waals surface area contributed by atoms with E-state index in [2.05, 4.69) is 61.4 Å². The van der Waals surface area contributed by atoms with Crippen LogP contribution in [0.25, 0.3) is 17.0 Å². The van der Waals surface area contributed by atoms with Gasteiger partial charge in [-0.15, -0.1) is 0 Å². The van der Waals surface area contributed by atoms with Crippen LogP contribution in [0.3, 0.4) is 0 Å². The number of carbonyl (C=O) groups excluding carboxylic acids is 1. The zero-order valence-corrected chi connectivity index (χ0v) is 23.2. The molecule has 0 atom stereocenters. The Balaban J connectivity index is 1.50. The molecule has 3 heterocycles. The number of alkyl carbamates (subject to hydrolysis) is 1. The van der Waals surface area contributed by atoms with Gasteiger partial charge in [-0.2, -0.15) is 0 Å². The molecule has 2 aliphatic rings. The molecule has 2 aliphatic heterocycles. The third kappa shape index (κ3) is 7.81. The van der Waals surface area contributed by atoms with Crippen LogP contribution in [-0.2, 0) is 4.74 Å². The molecule has 39 heavy (non-hydrogen) atoms. The van der Waals surface area contributed by atoms with Gasteiger partial charge in [0.1, 0.15) is 0 Å². The van der Waals surface area contributed by atoms with Crippen LogP contribution < -0.4 is 10.6 Å². The van der Waals surface area contributed by atoms with E-state index in [4.69, 9.17) is 9.73 Å². The van der Waals surface area contributed by atoms with Gasteiger partial charge in [-0.3, -0.25) is 25.1 Å². The van der Waals surface area contributed by atoms with E-state index in [0.29, 0.717) is 17.6 Å². The third-order valence-corrected chi connectivity index (χ3v) is 6.72. The smallest absolute Gasteiger partial charge is 0.413 e. The number of benzene rings is 1. The number of nitrogens with one attached hydrogen (secondary N) is 2. The molecule has 10 heteroatoms. The first-order valence-corrected chi connectivity index (χ1v) is 13.5. The number of carbonyl (C=O) groups is 1. The second kappa shape index (κ2) is 13.8. The number of guanidine groups is 1. The Morgan fingerprint density at radius 1 is 1.13 bits per heavy atom. The molecular formula is C29H38N8O2. The fraction of sp³-hybridized carbons (Fsp3) is 0.414. The lowest BCUT2D eigenvalue weighted by molar-refractivity contribution is 0.115. The van der Waals surface area contributed by atoms with E-state index in [1.165, 1.54) is 0 Å². The maximum Gasteiger partial charge on any atom is 0.413 e. The molecule has 0 unspecified atom stereocenters. The number of piperazine rings is 1. The topological polar surface area (TPSA) is 107 Å². The summed E-state index contributed by atoms with van der Waals surface area (Å²) in [6.07, 6.45) is 9.98. The minimum atomic E-state index is -0.579. The van der Waals surface area contributed by atoms with Crippen molar-refractivity contribution in [1.82, 2.24) is 25.1 Å². The highest BCUT2D eigenvalue weighted by molar-refractivity contribution is 6.11. The summed E-state index contributed by atoms with van der Waals surface area (Å²) in [4.78, 5) is 34.8. The van der Waals surface area contributed by atoms with E-state index < -0.39 is 6.09 Å². The van der Waals surface area contributed by atoms with Crippen LogP contribution in [0.4, 0.5) is 10.5 Å². The number of amides is 1. The van der Waals surface area contributed by atoms with Gasteiger partial charge >= 0.3 is 6.09 Å². The number of aromatic nitrogens is 2. The first kappa shape index (κ1) is 28.1. The quantitative estimate of drug-likeness (QED) is 0.411. The van der Waals surface area contributed by atoms with Crippen LogP contribution in [0.5, 0.6) is 0 Å².